The summed E-state index contributed by atoms with van der Waals surface area (Å²) >= 11 is 0. The smallest absolute Gasteiger partial charge is 0.0759 e. The molecule has 0 aliphatic heterocycles. The first-order valence-electron chi connectivity index (χ1n) is 12.8. The van der Waals surface area contributed by atoms with Crippen molar-refractivity contribution in [2.24, 2.45) is 46.3 Å². The zero-order valence-corrected chi connectivity index (χ0v) is 20.2. The molecule has 2 N–H and O–H groups in total. The lowest BCUT2D eigenvalue weighted by Crippen LogP contribution is -2.54. The summed E-state index contributed by atoms with van der Waals surface area (Å²) < 4.78 is 0. The van der Waals surface area contributed by atoms with Gasteiger partial charge in [0, 0.05) is 0 Å². The topological polar surface area (TPSA) is 40.5 Å². The first-order valence-corrected chi connectivity index (χ1v) is 12.8. The molecule has 0 amide bonds. The number of fused-ring (bicyclic) bond motifs is 5. The highest BCUT2D eigenvalue weighted by atomic mass is 16.3. The molecule has 30 heavy (non-hydrogen) atoms. The van der Waals surface area contributed by atoms with Crippen LogP contribution in [0.5, 0.6) is 0 Å². The van der Waals surface area contributed by atoms with Gasteiger partial charge in [-0.3, -0.25) is 0 Å². The molecule has 0 heterocycles. The minimum absolute atomic E-state index is 0.0988. The summed E-state index contributed by atoms with van der Waals surface area (Å²) in [4.78, 5) is 0. The summed E-state index contributed by atoms with van der Waals surface area (Å²) in [5.41, 5.74) is 3.11. The number of hydrogen-bond donors (Lipinski definition) is 2. The molecule has 9 atom stereocenters. The van der Waals surface area contributed by atoms with Crippen molar-refractivity contribution in [3.8, 4) is 0 Å². The predicted molar refractivity (Wildman–Crippen MR) is 125 cm³/mol. The number of hydrogen-bond acceptors (Lipinski definition) is 2. The van der Waals surface area contributed by atoms with Gasteiger partial charge in [-0.05, 0) is 110 Å². The second-order valence-corrected chi connectivity index (χ2v) is 12.3. The molecule has 0 aromatic rings. The fraction of sp³-hybridized carbons (Fsp3) is 0.857. The summed E-state index contributed by atoms with van der Waals surface area (Å²) in [6.07, 6.45) is 12.0. The molecule has 4 aliphatic rings. The Balaban J connectivity index is 1.52. The van der Waals surface area contributed by atoms with Gasteiger partial charge < -0.3 is 10.2 Å². The number of allylic oxidation sites excluding steroid dienone is 1. The van der Waals surface area contributed by atoms with Gasteiger partial charge in [-0.1, -0.05) is 52.8 Å². The minimum atomic E-state index is -0.356. The summed E-state index contributed by atoms with van der Waals surface area (Å²) in [7, 11) is 0. The van der Waals surface area contributed by atoms with E-state index in [1.165, 1.54) is 49.7 Å². The normalized spacial score (nSPS) is 46.6. The lowest BCUT2D eigenvalue weighted by Gasteiger charge is -2.60. The van der Waals surface area contributed by atoms with Crippen molar-refractivity contribution in [2.45, 2.75) is 105 Å². The first kappa shape index (κ1) is 22.6. The molecular weight excluding hydrogens is 368 g/mol. The highest BCUT2D eigenvalue weighted by molar-refractivity contribution is 5.29. The number of rotatable bonds is 5. The zero-order valence-electron chi connectivity index (χ0n) is 20.2. The van der Waals surface area contributed by atoms with E-state index in [1.54, 1.807) is 0 Å². The molecule has 0 bridgehead atoms. The van der Waals surface area contributed by atoms with Gasteiger partial charge in [-0.15, -0.1) is 0 Å². The van der Waals surface area contributed by atoms with Gasteiger partial charge in [-0.25, -0.2) is 0 Å². The van der Waals surface area contributed by atoms with Crippen LogP contribution in [-0.2, 0) is 0 Å². The van der Waals surface area contributed by atoms with Crippen LogP contribution >= 0.6 is 0 Å². The van der Waals surface area contributed by atoms with E-state index in [4.69, 9.17) is 0 Å². The molecule has 4 unspecified atom stereocenters. The molecule has 2 nitrogen and oxygen atoms in total. The van der Waals surface area contributed by atoms with Crippen molar-refractivity contribution in [2.75, 3.05) is 0 Å². The summed E-state index contributed by atoms with van der Waals surface area (Å²) in [6, 6.07) is 0. The molecule has 0 aromatic heterocycles. The Morgan fingerprint density at radius 3 is 2.50 bits per heavy atom. The maximum Gasteiger partial charge on any atom is 0.0759 e. The molecule has 0 spiro atoms. The molecule has 4 aliphatic carbocycles. The van der Waals surface area contributed by atoms with E-state index in [9.17, 15) is 10.2 Å². The van der Waals surface area contributed by atoms with Crippen molar-refractivity contribution >= 4 is 0 Å². The van der Waals surface area contributed by atoms with Crippen molar-refractivity contribution in [1.82, 2.24) is 0 Å². The van der Waals surface area contributed by atoms with Gasteiger partial charge >= 0.3 is 0 Å². The summed E-state index contributed by atoms with van der Waals surface area (Å²) in [5.74, 6) is 4.28. The maximum atomic E-state index is 11.1. The third-order valence-electron chi connectivity index (χ3n) is 10.6. The van der Waals surface area contributed by atoms with Crippen LogP contribution < -0.4 is 0 Å². The van der Waals surface area contributed by atoms with E-state index < -0.39 is 0 Å². The van der Waals surface area contributed by atoms with Crippen LogP contribution in [0.15, 0.2) is 23.8 Å². The van der Waals surface area contributed by atoms with Crippen molar-refractivity contribution in [3.63, 3.8) is 0 Å². The highest BCUT2D eigenvalue weighted by Crippen LogP contribution is 2.67. The van der Waals surface area contributed by atoms with Crippen molar-refractivity contribution in [3.05, 3.63) is 23.8 Å². The van der Waals surface area contributed by atoms with E-state index in [-0.39, 0.29) is 17.6 Å². The predicted octanol–water partition coefficient (Wildman–Crippen LogP) is 6.53. The fourth-order valence-corrected chi connectivity index (χ4v) is 8.63. The summed E-state index contributed by atoms with van der Waals surface area (Å²) in [6.45, 7) is 16.4. The molecular formula is C28H46O2. The van der Waals surface area contributed by atoms with Gasteiger partial charge in [0.25, 0.3) is 0 Å². The molecule has 3 fully saturated rings. The van der Waals surface area contributed by atoms with Gasteiger partial charge in [0.2, 0.25) is 0 Å². The van der Waals surface area contributed by atoms with Crippen molar-refractivity contribution < 1.29 is 10.2 Å². The Kier molecular flexibility index (Phi) is 6.08. The Morgan fingerprint density at radius 1 is 1.07 bits per heavy atom. The molecule has 170 valence electrons. The van der Waals surface area contributed by atoms with Crippen LogP contribution in [0.2, 0.25) is 0 Å². The van der Waals surface area contributed by atoms with E-state index in [1.807, 2.05) is 6.08 Å². The van der Waals surface area contributed by atoms with Crippen LogP contribution in [0.4, 0.5) is 0 Å². The first-order chi connectivity index (χ1) is 14.1. The van der Waals surface area contributed by atoms with Gasteiger partial charge in [0.05, 0.1) is 12.2 Å². The number of aliphatic hydroxyl groups excluding tert-OH is 2. The van der Waals surface area contributed by atoms with Crippen LogP contribution in [0, 0.1) is 46.3 Å². The van der Waals surface area contributed by atoms with E-state index in [0.29, 0.717) is 23.2 Å². The van der Waals surface area contributed by atoms with E-state index >= 15 is 0 Å². The molecule has 3 saturated carbocycles. The second kappa shape index (κ2) is 8.07. The largest absolute Gasteiger partial charge is 0.389 e. The zero-order chi connectivity index (χ0) is 21.8. The highest BCUT2D eigenvalue weighted by Gasteiger charge is 2.60. The standard InChI is InChI=1S/C28H46O2/c1-17(2)18(3)7-8-19(4)22-9-10-23-21-16-26(30)25-15-20(29)11-13-28(25,6)24(21)12-14-27(22,23)5/h15,17,19-24,26,29-30H,3,7-14,16H2,1-2,4-6H3/t19-,20+,21?,22?,23?,24?,26-,27-,28-/m1/s1. The monoisotopic (exact) mass is 414 g/mol. The third kappa shape index (κ3) is 3.54. The molecule has 4 rings (SSSR count). The Hall–Kier alpha value is -0.600. The van der Waals surface area contributed by atoms with Crippen LogP contribution in [0.25, 0.3) is 0 Å². The summed E-state index contributed by atoms with van der Waals surface area (Å²) in [5, 5.41) is 21.3. The van der Waals surface area contributed by atoms with Crippen LogP contribution in [0.1, 0.15) is 92.4 Å². The SMILES string of the molecule is C=C(CC[C@@H](C)C1CCC2C3C[C@@H](O)C4=C[C@@H](O)CC[C@]4(C)C3CC[C@@]21C)C(C)C. The lowest BCUT2D eigenvalue weighted by molar-refractivity contribution is -0.0873. The van der Waals surface area contributed by atoms with E-state index in [2.05, 4.69) is 41.2 Å². The third-order valence-corrected chi connectivity index (χ3v) is 10.6. The molecule has 2 heteroatoms. The molecule has 0 radical (unpaired) electrons. The average Bonchev–Trinajstić information content (AvgIpc) is 3.04. The Bertz CT molecular complexity index is 693. The second-order valence-electron chi connectivity index (χ2n) is 12.3. The van der Waals surface area contributed by atoms with Crippen LogP contribution in [0.3, 0.4) is 0 Å². The van der Waals surface area contributed by atoms with Gasteiger partial charge in [0.1, 0.15) is 0 Å². The average molecular weight is 415 g/mol. The van der Waals surface area contributed by atoms with Gasteiger partial charge in [0.15, 0.2) is 0 Å². The maximum absolute atomic E-state index is 11.1. The molecule has 0 aromatic carbocycles. The minimum Gasteiger partial charge on any atom is -0.389 e. The van der Waals surface area contributed by atoms with Gasteiger partial charge in [-0.2, -0.15) is 0 Å². The van der Waals surface area contributed by atoms with E-state index in [0.717, 1.165) is 37.0 Å². The quantitative estimate of drug-likeness (QED) is 0.502. The Morgan fingerprint density at radius 2 is 1.80 bits per heavy atom. The van der Waals surface area contributed by atoms with Crippen molar-refractivity contribution in [1.29, 1.82) is 0 Å². The lowest BCUT2D eigenvalue weighted by atomic mass is 9.46. The fourth-order valence-electron chi connectivity index (χ4n) is 8.63. The van der Waals surface area contributed by atoms with Crippen LogP contribution in [-0.4, -0.2) is 22.4 Å². The Labute approximate surface area is 185 Å². The molecule has 0 saturated heterocycles. The number of aliphatic hydroxyl groups is 2.